The summed E-state index contributed by atoms with van der Waals surface area (Å²) in [5.41, 5.74) is 0. The Kier molecular flexibility index (Phi) is 4.87. The summed E-state index contributed by atoms with van der Waals surface area (Å²) < 4.78 is 26.3. The number of nitrogens with one attached hydrogen (secondary N) is 1. The van der Waals surface area contributed by atoms with E-state index in [-0.39, 0.29) is 0 Å². The van der Waals surface area contributed by atoms with Crippen molar-refractivity contribution in [2.75, 3.05) is 6.61 Å². The zero-order valence-corrected chi connectivity index (χ0v) is 10.5. The highest BCUT2D eigenvalue weighted by atomic mass is 31.2. The van der Waals surface area contributed by atoms with Gasteiger partial charge in [-0.25, -0.2) is 4.57 Å². The molecule has 0 aromatic carbocycles. The molecule has 1 saturated heterocycles. The zero-order chi connectivity index (χ0) is 15.5. The molecule has 0 aromatic heterocycles. The van der Waals surface area contributed by atoms with Gasteiger partial charge in [0.05, 0.1) is 6.61 Å². The van der Waals surface area contributed by atoms with Crippen LogP contribution in [0.1, 0.15) is 8.27 Å². The number of phosphoric ester groups is 1. The van der Waals surface area contributed by atoms with E-state index in [0.29, 0.717) is 0 Å². The molecule has 19 heavy (non-hydrogen) atoms. The standard InChI is InChI=1S/C8H16NO9P/c1-3(10)9-5-7(12)6(11)4(18-8(5)13)2-17-19(14,15)16/h4-8,11-13H,2H2,1H3,(H,9,10)(H2,14,15,16)/t4-,5+,6-,7-,8?/m1/s1/i1D. The van der Waals surface area contributed by atoms with E-state index in [0.717, 1.165) is 0 Å². The summed E-state index contributed by atoms with van der Waals surface area (Å²) >= 11 is 0. The summed E-state index contributed by atoms with van der Waals surface area (Å²) in [7, 11) is -4.79. The highest BCUT2D eigenvalue weighted by molar-refractivity contribution is 7.46. The number of aliphatic hydroxyl groups is 3. The van der Waals surface area contributed by atoms with Gasteiger partial charge < -0.3 is 35.2 Å². The number of rotatable bonds is 4. The summed E-state index contributed by atoms with van der Waals surface area (Å²) in [5.74, 6) is -0.797. The van der Waals surface area contributed by atoms with Crippen molar-refractivity contribution in [2.24, 2.45) is 0 Å². The Morgan fingerprint density at radius 1 is 1.42 bits per heavy atom. The summed E-state index contributed by atoms with van der Waals surface area (Å²) in [6, 6.07) is -1.37. The van der Waals surface area contributed by atoms with Crippen molar-refractivity contribution >= 4 is 13.7 Å². The predicted octanol–water partition coefficient (Wildman–Crippen LogP) is -2.96. The second kappa shape index (κ2) is 6.25. The molecular formula is C8H16NO9P. The second-order valence-electron chi connectivity index (χ2n) is 3.93. The van der Waals surface area contributed by atoms with E-state index in [4.69, 9.17) is 15.9 Å². The molecule has 0 bridgehead atoms. The van der Waals surface area contributed by atoms with Crippen molar-refractivity contribution in [1.82, 2.24) is 5.32 Å². The fraction of sp³-hybridized carbons (Fsp3) is 0.875. The van der Waals surface area contributed by atoms with Gasteiger partial charge in [0.25, 0.3) is 0 Å². The predicted molar refractivity (Wildman–Crippen MR) is 58.5 cm³/mol. The van der Waals surface area contributed by atoms with Gasteiger partial charge in [-0.3, -0.25) is 9.32 Å². The maximum Gasteiger partial charge on any atom is 0.469 e. The molecule has 112 valence electrons. The first kappa shape index (κ1) is 14.8. The van der Waals surface area contributed by atoms with Crippen LogP contribution in [-0.4, -0.2) is 68.3 Å². The van der Waals surface area contributed by atoms with Gasteiger partial charge in [0.15, 0.2) is 6.29 Å². The van der Waals surface area contributed by atoms with Crippen LogP contribution in [0.2, 0.25) is 0 Å². The first-order chi connectivity index (χ1) is 9.15. The number of phosphoric acid groups is 1. The van der Waals surface area contributed by atoms with Crippen LogP contribution < -0.4 is 5.32 Å². The van der Waals surface area contributed by atoms with Crippen molar-refractivity contribution in [3.63, 3.8) is 0 Å². The molecule has 1 aliphatic rings. The zero-order valence-electron chi connectivity index (χ0n) is 10.6. The lowest BCUT2D eigenvalue weighted by Gasteiger charge is -2.40. The molecule has 0 radical (unpaired) electrons. The van der Waals surface area contributed by atoms with Gasteiger partial charge in [0, 0.05) is 8.27 Å². The van der Waals surface area contributed by atoms with Gasteiger partial charge in [-0.2, -0.15) is 0 Å². The lowest BCUT2D eigenvalue weighted by Crippen LogP contribution is -2.64. The summed E-state index contributed by atoms with van der Waals surface area (Å²) in [5, 5.41) is 31.1. The minimum Gasteiger partial charge on any atom is -0.388 e. The van der Waals surface area contributed by atoms with Crippen LogP contribution in [0, 0.1) is 0 Å². The van der Waals surface area contributed by atoms with Crippen LogP contribution in [0.25, 0.3) is 0 Å². The van der Waals surface area contributed by atoms with Crippen LogP contribution in [0.15, 0.2) is 0 Å². The molecule has 1 heterocycles. The minimum atomic E-state index is -4.79. The van der Waals surface area contributed by atoms with Gasteiger partial charge >= 0.3 is 7.82 Å². The van der Waals surface area contributed by atoms with Gasteiger partial charge in [-0.15, -0.1) is 0 Å². The van der Waals surface area contributed by atoms with E-state index < -0.39 is 57.9 Å². The van der Waals surface area contributed by atoms with E-state index in [2.05, 4.69) is 9.84 Å². The normalized spacial score (nSPS) is 36.7. The van der Waals surface area contributed by atoms with Crippen LogP contribution in [0.3, 0.4) is 0 Å². The average Bonchev–Trinajstić information content (AvgIpc) is 2.36. The average molecular weight is 302 g/mol. The van der Waals surface area contributed by atoms with E-state index >= 15 is 0 Å². The van der Waals surface area contributed by atoms with Crippen molar-refractivity contribution in [1.29, 1.82) is 0 Å². The van der Waals surface area contributed by atoms with Gasteiger partial charge in [-0.1, -0.05) is 0 Å². The minimum absolute atomic E-state index is 0.642. The number of hydrogen-bond donors (Lipinski definition) is 6. The van der Waals surface area contributed by atoms with E-state index in [9.17, 15) is 24.7 Å². The van der Waals surface area contributed by atoms with Crippen LogP contribution in [0.5, 0.6) is 0 Å². The Morgan fingerprint density at radius 3 is 2.58 bits per heavy atom. The van der Waals surface area contributed by atoms with Crippen molar-refractivity contribution in [3.05, 3.63) is 0 Å². The van der Waals surface area contributed by atoms with Crippen LogP contribution in [-0.2, 0) is 18.6 Å². The fourth-order valence-electron chi connectivity index (χ4n) is 1.60. The lowest BCUT2D eigenvalue weighted by atomic mass is 9.97. The Balaban J connectivity index is 2.66. The SMILES string of the molecule is [2H]CC(=O)N[C@@H]1C(O)O[C@H](COP(=O)(O)O)[C@@H](O)[C@@H]1O. The van der Waals surface area contributed by atoms with Crippen molar-refractivity contribution in [3.8, 4) is 0 Å². The molecule has 11 heteroatoms. The van der Waals surface area contributed by atoms with Gasteiger partial charge in [-0.05, 0) is 0 Å². The molecule has 10 nitrogen and oxygen atoms in total. The number of carbonyl (C=O) groups excluding carboxylic acids is 1. The molecule has 0 aromatic rings. The summed E-state index contributed by atoms with van der Waals surface area (Å²) in [4.78, 5) is 28.1. The fourth-order valence-corrected chi connectivity index (χ4v) is 1.94. The van der Waals surface area contributed by atoms with E-state index in [1.807, 2.05) is 0 Å². The molecule has 1 aliphatic heterocycles. The summed E-state index contributed by atoms with van der Waals surface area (Å²) in [6.07, 6.45) is -6.42. The third-order valence-electron chi connectivity index (χ3n) is 2.45. The third kappa shape index (κ3) is 4.79. The van der Waals surface area contributed by atoms with Crippen molar-refractivity contribution < 1.29 is 45.1 Å². The first-order valence-electron chi connectivity index (χ1n) is 5.84. The maximum atomic E-state index is 11.0. The Labute approximate surface area is 109 Å². The van der Waals surface area contributed by atoms with Gasteiger partial charge in [0.2, 0.25) is 5.91 Å². The quantitative estimate of drug-likeness (QED) is 0.297. The topological polar surface area (TPSA) is 166 Å². The highest BCUT2D eigenvalue weighted by Crippen LogP contribution is 2.36. The molecule has 1 fully saturated rings. The van der Waals surface area contributed by atoms with Gasteiger partial charge in [0.1, 0.15) is 24.4 Å². The monoisotopic (exact) mass is 302 g/mol. The highest BCUT2D eigenvalue weighted by Gasteiger charge is 2.44. The van der Waals surface area contributed by atoms with Crippen LogP contribution >= 0.6 is 7.82 Å². The first-order valence-corrected chi connectivity index (χ1v) is 6.67. The second-order valence-corrected chi connectivity index (χ2v) is 5.17. The number of ether oxygens (including phenoxy) is 1. The molecule has 1 rings (SSSR count). The number of aliphatic hydroxyl groups excluding tert-OH is 3. The molecule has 0 aliphatic carbocycles. The maximum absolute atomic E-state index is 11.0. The number of hydrogen-bond acceptors (Lipinski definition) is 7. The lowest BCUT2D eigenvalue weighted by molar-refractivity contribution is -0.252. The number of carbonyl (C=O) groups is 1. The molecule has 0 spiro atoms. The van der Waals surface area contributed by atoms with Crippen LogP contribution in [0.4, 0.5) is 0 Å². The third-order valence-corrected chi connectivity index (χ3v) is 2.94. The Hall–Kier alpha value is -0.580. The molecule has 0 saturated carbocycles. The Morgan fingerprint density at radius 2 is 2.05 bits per heavy atom. The molecule has 5 atom stereocenters. The largest absolute Gasteiger partial charge is 0.469 e. The summed E-state index contributed by atoms with van der Waals surface area (Å²) in [6.45, 7) is -1.41. The van der Waals surface area contributed by atoms with Crippen molar-refractivity contribution in [2.45, 2.75) is 37.5 Å². The number of amides is 1. The molecular weight excluding hydrogens is 285 g/mol. The van der Waals surface area contributed by atoms with E-state index in [1.165, 1.54) is 0 Å². The molecule has 6 N–H and O–H groups in total. The molecule has 1 unspecified atom stereocenters. The molecule has 1 amide bonds. The smallest absolute Gasteiger partial charge is 0.388 e. The van der Waals surface area contributed by atoms with E-state index in [1.54, 1.807) is 0 Å². The Bertz CT molecular complexity index is 390.